The largest absolute Gasteiger partial charge is 0.324 e. The van der Waals surface area contributed by atoms with Gasteiger partial charge in [-0.2, -0.15) is 0 Å². The Kier molecular flexibility index (Phi) is 3.81. The first-order chi connectivity index (χ1) is 5.74. The summed E-state index contributed by atoms with van der Waals surface area (Å²) >= 11 is 7.80. The van der Waals surface area contributed by atoms with E-state index in [1.807, 2.05) is 34.7 Å². The molecule has 0 aromatic heterocycles. The molecule has 4 heteroatoms. The molecule has 0 aliphatic heterocycles. The molecule has 0 fully saturated rings. The SMILES string of the molecule is O=C(CI)Nc1ccccc1Cl. The molecule has 1 aromatic carbocycles. The zero-order chi connectivity index (χ0) is 8.97. The van der Waals surface area contributed by atoms with Crippen LogP contribution in [-0.4, -0.2) is 10.3 Å². The quantitative estimate of drug-likeness (QED) is 0.660. The van der Waals surface area contributed by atoms with Crippen molar-refractivity contribution in [3.8, 4) is 0 Å². The number of anilines is 1. The van der Waals surface area contributed by atoms with E-state index in [-0.39, 0.29) is 5.91 Å². The van der Waals surface area contributed by atoms with E-state index in [9.17, 15) is 4.79 Å². The monoisotopic (exact) mass is 295 g/mol. The average Bonchev–Trinajstić information content (AvgIpc) is 2.09. The molecule has 0 aliphatic carbocycles. The smallest absolute Gasteiger partial charge is 0.234 e. The van der Waals surface area contributed by atoms with Gasteiger partial charge in [-0.3, -0.25) is 4.79 Å². The van der Waals surface area contributed by atoms with Crippen molar-refractivity contribution in [2.75, 3.05) is 9.74 Å². The second kappa shape index (κ2) is 4.67. The first-order valence-corrected chi connectivity index (χ1v) is 5.24. The van der Waals surface area contributed by atoms with E-state index in [0.29, 0.717) is 15.1 Å². The predicted octanol–water partition coefficient (Wildman–Crippen LogP) is 2.71. The van der Waals surface area contributed by atoms with Crippen molar-refractivity contribution in [3.63, 3.8) is 0 Å². The number of benzene rings is 1. The Hall–Kier alpha value is -0.290. The number of amides is 1. The lowest BCUT2D eigenvalue weighted by molar-refractivity contribution is -0.113. The van der Waals surface area contributed by atoms with E-state index in [1.165, 1.54) is 0 Å². The van der Waals surface area contributed by atoms with Gasteiger partial charge in [0.2, 0.25) is 5.91 Å². The zero-order valence-corrected chi connectivity index (χ0v) is 9.09. The highest BCUT2D eigenvalue weighted by atomic mass is 127. The van der Waals surface area contributed by atoms with Gasteiger partial charge in [-0.05, 0) is 12.1 Å². The molecule has 1 amide bonds. The van der Waals surface area contributed by atoms with Gasteiger partial charge >= 0.3 is 0 Å². The van der Waals surface area contributed by atoms with Crippen LogP contribution in [0.4, 0.5) is 5.69 Å². The van der Waals surface area contributed by atoms with E-state index >= 15 is 0 Å². The summed E-state index contributed by atoms with van der Waals surface area (Å²) in [6.07, 6.45) is 0. The van der Waals surface area contributed by atoms with Crippen LogP contribution in [0.25, 0.3) is 0 Å². The number of halogens is 2. The van der Waals surface area contributed by atoms with Crippen molar-refractivity contribution in [2.24, 2.45) is 0 Å². The molecule has 0 spiro atoms. The van der Waals surface area contributed by atoms with Crippen LogP contribution in [0.5, 0.6) is 0 Å². The van der Waals surface area contributed by atoms with Gasteiger partial charge in [-0.1, -0.05) is 46.3 Å². The molecule has 0 saturated carbocycles. The fourth-order valence-corrected chi connectivity index (χ4v) is 1.12. The number of para-hydroxylation sites is 1. The molecule has 1 rings (SSSR count). The molecule has 0 aliphatic rings. The summed E-state index contributed by atoms with van der Waals surface area (Å²) in [6.45, 7) is 0. The Bertz CT molecular complexity index is 290. The lowest BCUT2D eigenvalue weighted by Crippen LogP contribution is -2.12. The Morgan fingerprint density at radius 3 is 2.75 bits per heavy atom. The molecule has 12 heavy (non-hydrogen) atoms. The van der Waals surface area contributed by atoms with Crippen LogP contribution in [0.3, 0.4) is 0 Å². The molecule has 1 aromatic rings. The van der Waals surface area contributed by atoms with Crippen LogP contribution in [-0.2, 0) is 4.79 Å². The third-order valence-corrected chi connectivity index (χ3v) is 2.29. The van der Waals surface area contributed by atoms with E-state index in [0.717, 1.165) is 0 Å². The fraction of sp³-hybridized carbons (Fsp3) is 0.125. The maximum atomic E-state index is 11.0. The molecule has 0 heterocycles. The van der Waals surface area contributed by atoms with Gasteiger partial charge < -0.3 is 5.32 Å². The van der Waals surface area contributed by atoms with Crippen molar-refractivity contribution in [1.29, 1.82) is 0 Å². The van der Waals surface area contributed by atoms with Crippen LogP contribution in [0.1, 0.15) is 0 Å². The number of carbonyl (C=O) groups excluding carboxylic acids is 1. The lowest BCUT2D eigenvalue weighted by atomic mass is 10.3. The first kappa shape index (κ1) is 9.80. The topological polar surface area (TPSA) is 29.1 Å². The highest BCUT2D eigenvalue weighted by Crippen LogP contribution is 2.20. The molecule has 64 valence electrons. The summed E-state index contributed by atoms with van der Waals surface area (Å²) in [6, 6.07) is 7.16. The molecule has 1 N–H and O–H groups in total. The van der Waals surface area contributed by atoms with Crippen molar-refractivity contribution in [2.45, 2.75) is 0 Å². The molecule has 0 saturated heterocycles. The van der Waals surface area contributed by atoms with E-state index < -0.39 is 0 Å². The molecule has 0 atom stereocenters. The van der Waals surface area contributed by atoms with Crippen molar-refractivity contribution >= 4 is 45.8 Å². The average molecular weight is 296 g/mol. The molecular weight excluding hydrogens is 288 g/mol. The fourth-order valence-electron chi connectivity index (χ4n) is 0.746. The van der Waals surface area contributed by atoms with Gasteiger partial charge in [-0.15, -0.1) is 0 Å². The highest BCUT2D eigenvalue weighted by molar-refractivity contribution is 14.1. The summed E-state index contributed by atoms with van der Waals surface area (Å²) in [5.74, 6) is -0.0382. The van der Waals surface area contributed by atoms with E-state index in [1.54, 1.807) is 12.1 Å². The first-order valence-electron chi connectivity index (χ1n) is 3.34. The summed E-state index contributed by atoms with van der Waals surface area (Å²) in [4.78, 5) is 11.0. The van der Waals surface area contributed by atoms with Crippen molar-refractivity contribution in [3.05, 3.63) is 29.3 Å². The number of alkyl halides is 1. The summed E-state index contributed by atoms with van der Waals surface area (Å²) in [5, 5.41) is 3.25. The maximum Gasteiger partial charge on any atom is 0.234 e. The van der Waals surface area contributed by atoms with E-state index in [2.05, 4.69) is 5.32 Å². The molecular formula is C8H7ClINO. The predicted molar refractivity (Wildman–Crippen MR) is 59.0 cm³/mol. The van der Waals surface area contributed by atoms with Crippen LogP contribution < -0.4 is 5.32 Å². The summed E-state index contributed by atoms with van der Waals surface area (Å²) in [7, 11) is 0. The van der Waals surface area contributed by atoms with Crippen LogP contribution in [0.2, 0.25) is 5.02 Å². The van der Waals surface area contributed by atoms with Crippen LogP contribution >= 0.6 is 34.2 Å². The normalized spacial score (nSPS) is 9.50. The minimum absolute atomic E-state index is 0.0382. The standard InChI is InChI=1S/C8H7ClINO/c9-6-3-1-2-4-7(6)11-8(12)5-10/h1-4H,5H2,(H,11,12). The number of hydrogen-bond donors (Lipinski definition) is 1. The van der Waals surface area contributed by atoms with Gasteiger partial charge in [0.05, 0.1) is 15.1 Å². The Balaban J connectivity index is 2.75. The highest BCUT2D eigenvalue weighted by Gasteiger charge is 2.01. The maximum absolute atomic E-state index is 11.0. The Morgan fingerprint density at radius 1 is 1.50 bits per heavy atom. The van der Waals surface area contributed by atoms with Crippen molar-refractivity contribution in [1.82, 2.24) is 0 Å². The third kappa shape index (κ3) is 2.64. The summed E-state index contributed by atoms with van der Waals surface area (Å²) in [5.41, 5.74) is 0.667. The molecule has 0 bridgehead atoms. The third-order valence-electron chi connectivity index (χ3n) is 1.27. The number of rotatable bonds is 2. The second-order valence-electron chi connectivity index (χ2n) is 2.16. The Labute approximate surface area is 89.4 Å². The van der Waals surface area contributed by atoms with Gasteiger partial charge in [0.1, 0.15) is 0 Å². The Morgan fingerprint density at radius 2 is 2.17 bits per heavy atom. The molecule has 0 radical (unpaired) electrons. The minimum Gasteiger partial charge on any atom is -0.324 e. The number of nitrogens with one attached hydrogen (secondary N) is 1. The van der Waals surface area contributed by atoms with Gasteiger partial charge in [-0.25, -0.2) is 0 Å². The second-order valence-corrected chi connectivity index (χ2v) is 3.33. The van der Waals surface area contributed by atoms with Crippen molar-refractivity contribution < 1.29 is 4.79 Å². The van der Waals surface area contributed by atoms with Gasteiger partial charge in [0.25, 0.3) is 0 Å². The zero-order valence-electron chi connectivity index (χ0n) is 6.18. The van der Waals surface area contributed by atoms with E-state index in [4.69, 9.17) is 11.6 Å². The van der Waals surface area contributed by atoms with Crippen LogP contribution in [0, 0.1) is 0 Å². The lowest BCUT2D eigenvalue weighted by Gasteiger charge is -2.03. The minimum atomic E-state index is -0.0382. The molecule has 2 nitrogen and oxygen atoms in total. The molecule has 0 unspecified atom stereocenters. The van der Waals surface area contributed by atoms with Gasteiger partial charge in [0, 0.05) is 0 Å². The van der Waals surface area contributed by atoms with Gasteiger partial charge in [0.15, 0.2) is 0 Å². The van der Waals surface area contributed by atoms with Crippen LogP contribution in [0.15, 0.2) is 24.3 Å². The number of hydrogen-bond acceptors (Lipinski definition) is 1. The summed E-state index contributed by atoms with van der Waals surface area (Å²) < 4.78 is 0.434. The number of carbonyl (C=O) groups is 1.